The van der Waals surface area contributed by atoms with Crippen molar-refractivity contribution < 1.29 is 18.3 Å². The Labute approximate surface area is 108 Å². The van der Waals surface area contributed by atoms with Crippen LogP contribution in [0.25, 0.3) is 0 Å². The van der Waals surface area contributed by atoms with Gasteiger partial charge in [0.1, 0.15) is 17.3 Å². The van der Waals surface area contributed by atoms with E-state index >= 15 is 0 Å². The lowest BCUT2D eigenvalue weighted by molar-refractivity contribution is -0.0494. The molecule has 0 unspecified atom stereocenters. The number of nitrogens with zero attached hydrogens (tertiary/aromatic N) is 1. The number of nitrogens with one attached hydrogen (secondary N) is 2. The van der Waals surface area contributed by atoms with E-state index in [-0.39, 0.29) is 5.75 Å². The van der Waals surface area contributed by atoms with Gasteiger partial charge in [-0.05, 0) is 12.1 Å². The summed E-state index contributed by atoms with van der Waals surface area (Å²) < 4.78 is 34.1. The molecule has 0 amide bonds. The Bertz CT molecular complexity index is 518. The molecule has 0 aliphatic carbocycles. The third-order valence-corrected chi connectivity index (χ3v) is 2.40. The van der Waals surface area contributed by atoms with Crippen LogP contribution in [-0.4, -0.2) is 23.7 Å². The second-order valence-corrected chi connectivity index (χ2v) is 3.63. The molecule has 0 aliphatic rings. The highest BCUT2D eigenvalue weighted by Crippen LogP contribution is 2.30. The van der Waals surface area contributed by atoms with Crippen LogP contribution in [0.2, 0.25) is 0 Å². The lowest BCUT2D eigenvalue weighted by Crippen LogP contribution is -2.07. The number of hydrogen-bond acceptors (Lipinski definition) is 4. The summed E-state index contributed by atoms with van der Waals surface area (Å²) in [6.07, 6.45) is 3.29. The number of methoxy groups -OCH3 is 1. The van der Waals surface area contributed by atoms with Gasteiger partial charge in [-0.15, -0.1) is 0 Å². The van der Waals surface area contributed by atoms with Crippen molar-refractivity contribution >= 4 is 5.69 Å². The van der Waals surface area contributed by atoms with Crippen LogP contribution in [0.3, 0.4) is 0 Å². The smallest absolute Gasteiger partial charge is 0.387 e. The summed E-state index contributed by atoms with van der Waals surface area (Å²) in [6, 6.07) is 4.56. The second kappa shape index (κ2) is 6.03. The molecule has 19 heavy (non-hydrogen) atoms. The van der Waals surface area contributed by atoms with Crippen molar-refractivity contribution in [2.24, 2.45) is 0 Å². The van der Waals surface area contributed by atoms with Crippen molar-refractivity contribution in [2.75, 3.05) is 12.4 Å². The maximum Gasteiger partial charge on any atom is 0.387 e. The van der Waals surface area contributed by atoms with Gasteiger partial charge >= 0.3 is 6.61 Å². The molecule has 7 heteroatoms. The summed E-state index contributed by atoms with van der Waals surface area (Å²) in [7, 11) is 1.50. The molecule has 2 rings (SSSR count). The van der Waals surface area contributed by atoms with Gasteiger partial charge in [-0.1, -0.05) is 0 Å². The van der Waals surface area contributed by atoms with Crippen LogP contribution in [0.5, 0.6) is 11.5 Å². The largest absolute Gasteiger partial charge is 0.497 e. The van der Waals surface area contributed by atoms with Gasteiger partial charge in [0.25, 0.3) is 0 Å². The Morgan fingerprint density at radius 2 is 2.26 bits per heavy atom. The molecule has 5 nitrogen and oxygen atoms in total. The molecule has 0 aliphatic heterocycles. The van der Waals surface area contributed by atoms with Gasteiger partial charge in [-0.25, -0.2) is 4.98 Å². The highest BCUT2D eigenvalue weighted by molar-refractivity contribution is 5.59. The van der Waals surface area contributed by atoms with E-state index in [1.807, 2.05) is 0 Å². The molecule has 2 N–H and O–H groups in total. The van der Waals surface area contributed by atoms with Crippen molar-refractivity contribution in [2.45, 2.75) is 13.2 Å². The van der Waals surface area contributed by atoms with E-state index in [9.17, 15) is 8.78 Å². The number of H-pyrrole nitrogens is 1. The van der Waals surface area contributed by atoms with Gasteiger partial charge in [0.2, 0.25) is 0 Å². The normalized spacial score (nSPS) is 10.5. The van der Waals surface area contributed by atoms with Crippen molar-refractivity contribution in [3.8, 4) is 11.5 Å². The predicted octanol–water partition coefficient (Wildman–Crippen LogP) is 2.63. The molecular weight excluding hydrogens is 256 g/mol. The van der Waals surface area contributed by atoms with Crippen LogP contribution in [-0.2, 0) is 6.54 Å². The summed E-state index contributed by atoms with van der Waals surface area (Å²) in [5.41, 5.74) is 0.413. The first-order chi connectivity index (χ1) is 9.19. The molecule has 0 saturated heterocycles. The molecule has 2 aromatic rings. The average molecular weight is 269 g/mol. The van der Waals surface area contributed by atoms with Gasteiger partial charge in [-0.2, -0.15) is 8.78 Å². The third-order valence-electron chi connectivity index (χ3n) is 2.40. The Hall–Kier alpha value is -2.31. The van der Waals surface area contributed by atoms with Crippen LogP contribution >= 0.6 is 0 Å². The summed E-state index contributed by atoms with van der Waals surface area (Å²) in [4.78, 5) is 6.93. The molecule has 0 radical (unpaired) electrons. The quantitative estimate of drug-likeness (QED) is 0.846. The van der Waals surface area contributed by atoms with E-state index in [1.54, 1.807) is 24.5 Å². The SMILES string of the molecule is COc1ccc(OC(F)F)c(NCc2ncc[nH]2)c1. The molecule has 1 aromatic carbocycles. The Morgan fingerprint density at radius 1 is 1.42 bits per heavy atom. The van der Waals surface area contributed by atoms with Crippen LogP contribution in [0.1, 0.15) is 5.82 Å². The third kappa shape index (κ3) is 3.57. The number of benzene rings is 1. The molecule has 0 atom stereocenters. The highest BCUT2D eigenvalue weighted by atomic mass is 19.3. The van der Waals surface area contributed by atoms with E-state index in [4.69, 9.17) is 4.74 Å². The second-order valence-electron chi connectivity index (χ2n) is 3.63. The molecular formula is C12H13F2N3O2. The zero-order chi connectivity index (χ0) is 13.7. The standard InChI is InChI=1S/C12H13F2N3O2/c1-18-8-2-3-10(19-12(13)14)9(6-8)17-7-11-15-4-5-16-11/h2-6,12,17H,7H2,1H3,(H,15,16). The zero-order valence-electron chi connectivity index (χ0n) is 10.2. The molecule has 102 valence electrons. The zero-order valence-corrected chi connectivity index (χ0v) is 10.2. The average Bonchev–Trinajstić information content (AvgIpc) is 2.90. The fourth-order valence-corrected chi connectivity index (χ4v) is 1.55. The van der Waals surface area contributed by atoms with Gasteiger partial charge in [0.15, 0.2) is 0 Å². The summed E-state index contributed by atoms with van der Waals surface area (Å²) in [5.74, 6) is 1.29. The summed E-state index contributed by atoms with van der Waals surface area (Å²) in [6.45, 7) is -2.52. The van der Waals surface area contributed by atoms with Crippen LogP contribution in [0.4, 0.5) is 14.5 Å². The number of rotatable bonds is 6. The number of alkyl halides is 2. The Morgan fingerprint density at radius 3 is 2.89 bits per heavy atom. The first-order valence-electron chi connectivity index (χ1n) is 5.54. The van der Waals surface area contributed by atoms with E-state index in [2.05, 4.69) is 20.0 Å². The first-order valence-corrected chi connectivity index (χ1v) is 5.54. The number of imidazole rings is 1. The number of anilines is 1. The first kappa shape index (κ1) is 13.1. The predicted molar refractivity (Wildman–Crippen MR) is 65.5 cm³/mol. The maximum atomic E-state index is 12.3. The molecule has 0 fully saturated rings. The fourth-order valence-electron chi connectivity index (χ4n) is 1.55. The van der Waals surface area contributed by atoms with Gasteiger partial charge < -0.3 is 19.8 Å². The Balaban J connectivity index is 2.14. The van der Waals surface area contributed by atoms with Crippen molar-refractivity contribution in [3.05, 3.63) is 36.4 Å². The summed E-state index contributed by atoms with van der Waals surface area (Å²) in [5, 5.41) is 2.96. The lowest BCUT2D eigenvalue weighted by atomic mass is 10.2. The van der Waals surface area contributed by atoms with Crippen LogP contribution in [0, 0.1) is 0 Å². The molecule has 0 bridgehead atoms. The minimum Gasteiger partial charge on any atom is -0.497 e. The van der Waals surface area contributed by atoms with Crippen LogP contribution < -0.4 is 14.8 Å². The number of halogens is 2. The van der Waals surface area contributed by atoms with Crippen molar-refractivity contribution in [1.29, 1.82) is 0 Å². The lowest BCUT2D eigenvalue weighted by Gasteiger charge is -2.13. The molecule has 0 spiro atoms. The van der Waals surface area contributed by atoms with E-state index in [1.165, 1.54) is 13.2 Å². The molecule has 1 heterocycles. The van der Waals surface area contributed by atoms with Gasteiger partial charge in [-0.3, -0.25) is 0 Å². The van der Waals surface area contributed by atoms with Gasteiger partial charge in [0, 0.05) is 18.5 Å². The topological polar surface area (TPSA) is 59.2 Å². The number of aromatic nitrogens is 2. The fraction of sp³-hybridized carbons (Fsp3) is 0.250. The van der Waals surface area contributed by atoms with E-state index in [0.717, 1.165) is 0 Å². The minimum atomic E-state index is -2.88. The highest BCUT2D eigenvalue weighted by Gasteiger charge is 2.11. The Kier molecular flexibility index (Phi) is 4.17. The number of ether oxygens (including phenoxy) is 2. The molecule has 0 saturated carbocycles. The van der Waals surface area contributed by atoms with Crippen LogP contribution in [0.15, 0.2) is 30.6 Å². The van der Waals surface area contributed by atoms with Crippen molar-refractivity contribution in [3.63, 3.8) is 0 Å². The molecule has 1 aromatic heterocycles. The number of hydrogen-bond donors (Lipinski definition) is 2. The van der Waals surface area contributed by atoms with Crippen molar-refractivity contribution in [1.82, 2.24) is 9.97 Å². The van der Waals surface area contributed by atoms with E-state index < -0.39 is 6.61 Å². The minimum absolute atomic E-state index is 0.0577. The van der Waals surface area contributed by atoms with E-state index in [0.29, 0.717) is 23.8 Å². The maximum absolute atomic E-state index is 12.3. The van der Waals surface area contributed by atoms with Gasteiger partial charge in [0.05, 0.1) is 19.3 Å². The monoisotopic (exact) mass is 269 g/mol. The summed E-state index contributed by atoms with van der Waals surface area (Å²) >= 11 is 0. The number of aromatic amines is 1.